The first-order valence-corrected chi connectivity index (χ1v) is 9.27. The number of hydrazine groups is 1. The lowest BCUT2D eigenvalue weighted by Gasteiger charge is -2.09. The molecule has 0 spiro atoms. The van der Waals surface area contributed by atoms with Crippen LogP contribution >= 0.6 is 15.9 Å². The van der Waals surface area contributed by atoms with Gasteiger partial charge >= 0.3 is 0 Å². The molecule has 0 aliphatic rings. The fourth-order valence-electron chi connectivity index (χ4n) is 2.40. The number of nitrogens with zero attached hydrogens (tertiary/aromatic N) is 2. The van der Waals surface area contributed by atoms with Gasteiger partial charge in [0.05, 0.1) is 17.2 Å². The molecule has 0 bridgehead atoms. The molecule has 7 nitrogen and oxygen atoms in total. The van der Waals surface area contributed by atoms with E-state index in [0.717, 1.165) is 11.1 Å². The zero-order valence-electron chi connectivity index (χ0n) is 15.1. The van der Waals surface area contributed by atoms with E-state index in [-0.39, 0.29) is 6.61 Å². The maximum absolute atomic E-state index is 11.9. The van der Waals surface area contributed by atoms with Crippen LogP contribution in [0.4, 0.5) is 0 Å². The van der Waals surface area contributed by atoms with Gasteiger partial charge in [0.25, 0.3) is 11.8 Å². The van der Waals surface area contributed by atoms with Gasteiger partial charge in [0.2, 0.25) is 0 Å². The number of aromatic nitrogens is 1. The van der Waals surface area contributed by atoms with Gasteiger partial charge in [-0.2, -0.15) is 5.26 Å². The van der Waals surface area contributed by atoms with Crippen LogP contribution in [0.2, 0.25) is 0 Å². The Bertz CT molecular complexity index is 1060. The molecular weight excluding hydrogens is 436 g/mol. The highest BCUT2D eigenvalue weighted by atomic mass is 79.9. The highest BCUT2D eigenvalue weighted by molar-refractivity contribution is 9.10. The Kier molecular flexibility index (Phi) is 6.55. The van der Waals surface area contributed by atoms with Crippen molar-refractivity contribution < 1.29 is 14.3 Å². The van der Waals surface area contributed by atoms with Crippen molar-refractivity contribution in [2.24, 2.45) is 0 Å². The summed E-state index contributed by atoms with van der Waals surface area (Å²) in [7, 11) is 0. The van der Waals surface area contributed by atoms with Gasteiger partial charge in [0.1, 0.15) is 5.75 Å². The fourth-order valence-corrected chi connectivity index (χ4v) is 2.77. The number of nitriles is 1. The van der Waals surface area contributed by atoms with Gasteiger partial charge in [-0.05, 0) is 57.4 Å². The van der Waals surface area contributed by atoms with Crippen molar-refractivity contribution in [2.45, 2.75) is 0 Å². The second-order valence-electron chi connectivity index (χ2n) is 5.90. The topological polar surface area (TPSA) is 104 Å². The molecule has 0 saturated heterocycles. The number of carbonyl (C=O) groups excluding carboxylic acids is 2. The summed E-state index contributed by atoms with van der Waals surface area (Å²) in [6.45, 7) is -0.257. The van der Waals surface area contributed by atoms with E-state index >= 15 is 0 Å². The molecule has 0 radical (unpaired) electrons. The molecular formula is C21H15BrN4O3. The highest BCUT2D eigenvalue weighted by Crippen LogP contribution is 2.22. The van der Waals surface area contributed by atoms with Crippen LogP contribution in [0.1, 0.15) is 15.9 Å². The lowest BCUT2D eigenvalue weighted by molar-refractivity contribution is -0.123. The van der Waals surface area contributed by atoms with Gasteiger partial charge in [-0.3, -0.25) is 25.4 Å². The first-order chi connectivity index (χ1) is 14.0. The van der Waals surface area contributed by atoms with E-state index in [1.54, 1.807) is 36.5 Å². The van der Waals surface area contributed by atoms with Crippen LogP contribution < -0.4 is 15.6 Å². The summed E-state index contributed by atoms with van der Waals surface area (Å²) in [4.78, 5) is 27.7. The van der Waals surface area contributed by atoms with Crippen LogP contribution in [-0.2, 0) is 4.79 Å². The molecule has 0 atom stereocenters. The van der Waals surface area contributed by atoms with E-state index in [1.165, 1.54) is 6.20 Å². The number of benzene rings is 2. The number of nitrogens with one attached hydrogen (secondary N) is 2. The first kappa shape index (κ1) is 20.0. The predicted molar refractivity (Wildman–Crippen MR) is 110 cm³/mol. The fraction of sp³-hybridized carbons (Fsp3) is 0.0476. The second-order valence-corrected chi connectivity index (χ2v) is 6.81. The quantitative estimate of drug-likeness (QED) is 0.580. The van der Waals surface area contributed by atoms with Crippen LogP contribution in [0.3, 0.4) is 0 Å². The second kappa shape index (κ2) is 9.48. The Balaban J connectivity index is 1.48. The van der Waals surface area contributed by atoms with Gasteiger partial charge < -0.3 is 4.74 Å². The molecule has 0 saturated carbocycles. The normalized spacial score (nSPS) is 9.93. The number of amides is 2. The molecule has 1 aromatic heterocycles. The number of pyridine rings is 1. The Morgan fingerprint density at radius 3 is 2.28 bits per heavy atom. The van der Waals surface area contributed by atoms with Crippen molar-refractivity contribution >= 4 is 27.7 Å². The molecule has 29 heavy (non-hydrogen) atoms. The third kappa shape index (κ3) is 5.64. The van der Waals surface area contributed by atoms with E-state index in [2.05, 4.69) is 37.8 Å². The number of carbonyl (C=O) groups is 2. The molecule has 3 rings (SSSR count). The summed E-state index contributed by atoms with van der Waals surface area (Å²) in [5, 5.41) is 8.85. The Hall–Kier alpha value is -3.70. The van der Waals surface area contributed by atoms with Crippen LogP contribution in [0.25, 0.3) is 11.1 Å². The minimum absolute atomic E-state index is 0.257. The molecule has 2 aromatic carbocycles. The molecule has 3 aromatic rings. The largest absolute Gasteiger partial charge is 0.484 e. The monoisotopic (exact) mass is 450 g/mol. The lowest BCUT2D eigenvalue weighted by atomic mass is 10.0. The van der Waals surface area contributed by atoms with Gasteiger partial charge in [-0.1, -0.05) is 24.3 Å². The number of halogens is 1. The summed E-state index contributed by atoms with van der Waals surface area (Å²) >= 11 is 3.22. The van der Waals surface area contributed by atoms with Gasteiger partial charge in [0, 0.05) is 16.9 Å². The smallest absolute Gasteiger partial charge is 0.276 e. The van der Waals surface area contributed by atoms with Crippen LogP contribution in [0.15, 0.2) is 71.5 Å². The summed E-state index contributed by atoms with van der Waals surface area (Å²) in [5.41, 5.74) is 7.42. The first-order valence-electron chi connectivity index (χ1n) is 8.48. The van der Waals surface area contributed by atoms with E-state index < -0.39 is 11.8 Å². The summed E-state index contributed by atoms with van der Waals surface area (Å²) in [6, 6.07) is 18.1. The number of hydrogen-bond donors (Lipinski definition) is 2. The Morgan fingerprint density at radius 1 is 1.00 bits per heavy atom. The van der Waals surface area contributed by atoms with Crippen molar-refractivity contribution in [2.75, 3.05) is 6.61 Å². The zero-order valence-corrected chi connectivity index (χ0v) is 16.6. The number of rotatable bonds is 5. The average Bonchev–Trinajstić information content (AvgIpc) is 2.76. The Morgan fingerprint density at radius 2 is 1.66 bits per heavy atom. The molecule has 8 heteroatoms. The maximum Gasteiger partial charge on any atom is 0.276 e. The van der Waals surface area contributed by atoms with E-state index in [4.69, 9.17) is 10.00 Å². The average molecular weight is 451 g/mol. The third-order valence-electron chi connectivity index (χ3n) is 3.85. The lowest BCUT2D eigenvalue weighted by Crippen LogP contribution is -2.43. The maximum atomic E-state index is 11.9. The highest BCUT2D eigenvalue weighted by Gasteiger charge is 2.09. The summed E-state index contributed by atoms with van der Waals surface area (Å²) < 4.78 is 6.08. The molecule has 0 aliphatic heterocycles. The van der Waals surface area contributed by atoms with Gasteiger partial charge in [-0.15, -0.1) is 0 Å². The van der Waals surface area contributed by atoms with Crippen LogP contribution in [0, 0.1) is 11.3 Å². The molecule has 0 fully saturated rings. The summed E-state index contributed by atoms with van der Waals surface area (Å²) in [5.74, 6) is -0.476. The molecule has 0 unspecified atom stereocenters. The third-order valence-corrected chi connectivity index (χ3v) is 4.29. The molecule has 2 N–H and O–H groups in total. The molecule has 1 heterocycles. The van der Waals surface area contributed by atoms with Crippen molar-refractivity contribution in [3.05, 3.63) is 82.6 Å². The van der Waals surface area contributed by atoms with Crippen LogP contribution in [0.5, 0.6) is 5.75 Å². The van der Waals surface area contributed by atoms with Crippen molar-refractivity contribution in [1.29, 1.82) is 5.26 Å². The predicted octanol–water partition coefficient (Wildman–Crippen LogP) is 3.22. The Labute approximate surface area is 175 Å². The zero-order chi connectivity index (χ0) is 20.6. The SMILES string of the molecule is N#Cc1ccc(-c2ccc(OCC(=O)NNC(=O)c3cncc(Br)c3)cc2)cc1. The van der Waals surface area contributed by atoms with Crippen molar-refractivity contribution in [1.82, 2.24) is 15.8 Å². The summed E-state index contributed by atoms with van der Waals surface area (Å²) in [6.07, 6.45) is 2.94. The minimum atomic E-state index is -0.502. The number of ether oxygens (including phenoxy) is 1. The standard InChI is InChI=1S/C21H15BrN4O3/c22-18-9-17(11-24-12-18)21(28)26-25-20(27)13-29-19-7-5-16(6-8-19)15-3-1-14(10-23)2-4-15/h1-9,11-12H,13H2,(H,25,27)(H,26,28). The minimum Gasteiger partial charge on any atom is -0.484 e. The van der Waals surface area contributed by atoms with E-state index in [1.807, 2.05) is 24.3 Å². The molecule has 144 valence electrons. The van der Waals surface area contributed by atoms with Crippen molar-refractivity contribution in [3.8, 4) is 22.9 Å². The van der Waals surface area contributed by atoms with E-state index in [9.17, 15) is 9.59 Å². The van der Waals surface area contributed by atoms with Gasteiger partial charge in [0.15, 0.2) is 6.61 Å². The van der Waals surface area contributed by atoms with Crippen LogP contribution in [-0.4, -0.2) is 23.4 Å². The molecule has 0 aliphatic carbocycles. The van der Waals surface area contributed by atoms with E-state index in [0.29, 0.717) is 21.3 Å². The van der Waals surface area contributed by atoms with Gasteiger partial charge in [-0.25, -0.2) is 0 Å². The number of hydrogen-bond acceptors (Lipinski definition) is 5. The molecule has 2 amide bonds. The van der Waals surface area contributed by atoms with Crippen molar-refractivity contribution in [3.63, 3.8) is 0 Å².